The van der Waals surface area contributed by atoms with Crippen LogP contribution in [0.25, 0.3) is 0 Å². The maximum Gasteiger partial charge on any atom is 0.164 e. The first kappa shape index (κ1) is 15.4. The van der Waals surface area contributed by atoms with Crippen molar-refractivity contribution in [2.24, 2.45) is 0 Å². The van der Waals surface area contributed by atoms with Crippen molar-refractivity contribution < 1.29 is 19.3 Å². The Morgan fingerprint density at radius 3 is 1.89 bits per heavy atom. The molecule has 108 valence electrons. The van der Waals surface area contributed by atoms with E-state index in [1.54, 1.807) is 41.2 Å². The van der Waals surface area contributed by atoms with Crippen LogP contribution in [0.3, 0.4) is 0 Å². The standard InChI is InChI=1S/C14H23NO4/c1-14(2,16)9-15(3)10-7-12(18-5)13(19-6)8-11(10)17-4/h7-8,16H,9H2,1-6H3. The third-order valence-electron chi connectivity index (χ3n) is 2.72. The lowest BCUT2D eigenvalue weighted by molar-refractivity contribution is 0.0885. The van der Waals surface area contributed by atoms with E-state index in [9.17, 15) is 5.11 Å². The summed E-state index contributed by atoms with van der Waals surface area (Å²) in [6.07, 6.45) is 0. The second-order valence-electron chi connectivity index (χ2n) is 5.05. The smallest absolute Gasteiger partial charge is 0.164 e. The van der Waals surface area contributed by atoms with E-state index in [2.05, 4.69) is 0 Å². The predicted molar refractivity (Wildman–Crippen MR) is 75.7 cm³/mol. The summed E-state index contributed by atoms with van der Waals surface area (Å²) in [7, 11) is 6.66. The number of anilines is 1. The average molecular weight is 269 g/mol. The minimum Gasteiger partial charge on any atom is -0.494 e. The summed E-state index contributed by atoms with van der Waals surface area (Å²) < 4.78 is 15.9. The van der Waals surface area contributed by atoms with Gasteiger partial charge in [0.1, 0.15) is 5.75 Å². The second kappa shape index (κ2) is 6.02. The molecule has 0 heterocycles. The molecule has 0 bridgehead atoms. The van der Waals surface area contributed by atoms with Crippen LogP contribution < -0.4 is 19.1 Å². The zero-order chi connectivity index (χ0) is 14.6. The highest BCUT2D eigenvalue weighted by atomic mass is 16.5. The molecule has 0 saturated carbocycles. The zero-order valence-corrected chi connectivity index (χ0v) is 12.5. The molecule has 0 unspecified atom stereocenters. The zero-order valence-electron chi connectivity index (χ0n) is 12.5. The van der Waals surface area contributed by atoms with E-state index in [4.69, 9.17) is 14.2 Å². The van der Waals surface area contributed by atoms with Crippen molar-refractivity contribution in [2.45, 2.75) is 19.4 Å². The molecule has 0 aliphatic carbocycles. The molecule has 0 radical (unpaired) electrons. The van der Waals surface area contributed by atoms with Crippen molar-refractivity contribution in [2.75, 3.05) is 39.8 Å². The van der Waals surface area contributed by atoms with Crippen LogP contribution in [-0.2, 0) is 0 Å². The lowest BCUT2D eigenvalue weighted by atomic mass is 10.1. The summed E-state index contributed by atoms with van der Waals surface area (Å²) in [5.74, 6) is 1.91. The SMILES string of the molecule is COc1cc(OC)c(N(C)CC(C)(C)O)cc1OC. The first-order chi connectivity index (χ1) is 8.82. The molecular formula is C14H23NO4. The first-order valence-electron chi connectivity index (χ1n) is 6.06. The molecule has 0 aliphatic heterocycles. The monoisotopic (exact) mass is 269 g/mol. The summed E-state index contributed by atoms with van der Waals surface area (Å²) in [6, 6.07) is 3.61. The Morgan fingerprint density at radius 1 is 1.00 bits per heavy atom. The molecule has 0 amide bonds. The Kier molecular flexibility index (Phi) is 4.89. The number of likely N-dealkylation sites (N-methyl/N-ethyl adjacent to an activating group) is 1. The van der Waals surface area contributed by atoms with Gasteiger partial charge in [0, 0.05) is 25.7 Å². The fourth-order valence-corrected chi connectivity index (χ4v) is 1.98. The highest BCUT2D eigenvalue weighted by Crippen LogP contribution is 2.39. The van der Waals surface area contributed by atoms with Gasteiger partial charge in [-0.25, -0.2) is 0 Å². The normalized spacial score (nSPS) is 11.1. The number of benzene rings is 1. The molecular weight excluding hydrogens is 246 g/mol. The van der Waals surface area contributed by atoms with Crippen molar-refractivity contribution in [1.29, 1.82) is 0 Å². The van der Waals surface area contributed by atoms with Crippen molar-refractivity contribution in [3.05, 3.63) is 12.1 Å². The van der Waals surface area contributed by atoms with Gasteiger partial charge in [-0.05, 0) is 13.8 Å². The van der Waals surface area contributed by atoms with Gasteiger partial charge in [0.25, 0.3) is 0 Å². The van der Waals surface area contributed by atoms with Crippen LogP contribution in [0.4, 0.5) is 5.69 Å². The Morgan fingerprint density at radius 2 is 1.47 bits per heavy atom. The molecule has 1 aromatic rings. The molecule has 0 spiro atoms. The van der Waals surface area contributed by atoms with E-state index in [-0.39, 0.29) is 0 Å². The van der Waals surface area contributed by atoms with Crippen molar-refractivity contribution in [3.63, 3.8) is 0 Å². The Balaban J connectivity index is 3.18. The minimum absolute atomic E-state index is 0.471. The molecule has 19 heavy (non-hydrogen) atoms. The van der Waals surface area contributed by atoms with Gasteiger partial charge < -0.3 is 24.2 Å². The van der Waals surface area contributed by atoms with Crippen LogP contribution in [0, 0.1) is 0 Å². The van der Waals surface area contributed by atoms with Crippen LogP contribution in [0.2, 0.25) is 0 Å². The summed E-state index contributed by atoms with van der Waals surface area (Å²) in [5.41, 5.74) is 0.0368. The molecule has 0 aliphatic rings. The highest BCUT2D eigenvalue weighted by molar-refractivity contribution is 5.65. The van der Waals surface area contributed by atoms with Gasteiger partial charge >= 0.3 is 0 Å². The second-order valence-corrected chi connectivity index (χ2v) is 5.05. The fourth-order valence-electron chi connectivity index (χ4n) is 1.98. The number of ether oxygens (including phenoxy) is 3. The van der Waals surface area contributed by atoms with Gasteiger partial charge in [0.2, 0.25) is 0 Å². The Hall–Kier alpha value is -1.62. The van der Waals surface area contributed by atoms with Crippen molar-refractivity contribution in [1.82, 2.24) is 0 Å². The maximum atomic E-state index is 9.90. The van der Waals surface area contributed by atoms with E-state index in [1.807, 2.05) is 18.0 Å². The lowest BCUT2D eigenvalue weighted by Crippen LogP contribution is -2.36. The minimum atomic E-state index is -0.799. The number of nitrogens with zero attached hydrogens (tertiary/aromatic N) is 1. The lowest BCUT2D eigenvalue weighted by Gasteiger charge is -2.29. The number of rotatable bonds is 6. The van der Waals surface area contributed by atoms with Crippen molar-refractivity contribution in [3.8, 4) is 17.2 Å². The van der Waals surface area contributed by atoms with Crippen molar-refractivity contribution >= 4 is 5.69 Å². The van der Waals surface area contributed by atoms with Crippen LogP contribution >= 0.6 is 0 Å². The van der Waals surface area contributed by atoms with Gasteiger partial charge in [-0.2, -0.15) is 0 Å². The van der Waals surface area contributed by atoms with Gasteiger partial charge in [-0.3, -0.25) is 0 Å². The van der Waals surface area contributed by atoms with E-state index in [0.717, 1.165) is 5.69 Å². The largest absolute Gasteiger partial charge is 0.494 e. The molecule has 1 rings (SSSR count). The molecule has 1 aromatic carbocycles. The molecule has 1 N–H and O–H groups in total. The Labute approximate surface area is 114 Å². The van der Waals surface area contributed by atoms with Crippen LogP contribution in [0.5, 0.6) is 17.2 Å². The van der Waals surface area contributed by atoms with E-state index < -0.39 is 5.60 Å². The molecule has 0 saturated heterocycles. The molecule has 5 heteroatoms. The summed E-state index contributed by atoms with van der Waals surface area (Å²) in [4.78, 5) is 1.92. The molecule has 0 fully saturated rings. The van der Waals surface area contributed by atoms with Gasteiger partial charge in [0.15, 0.2) is 11.5 Å². The number of hydrogen-bond donors (Lipinski definition) is 1. The number of hydrogen-bond acceptors (Lipinski definition) is 5. The third kappa shape index (κ3) is 3.92. The molecule has 0 atom stereocenters. The summed E-state index contributed by atoms with van der Waals surface area (Å²) >= 11 is 0. The quantitative estimate of drug-likeness (QED) is 0.855. The summed E-state index contributed by atoms with van der Waals surface area (Å²) in [6.45, 7) is 3.99. The Bertz CT molecular complexity index is 426. The number of methoxy groups -OCH3 is 3. The molecule has 5 nitrogen and oxygen atoms in total. The molecule has 0 aromatic heterocycles. The average Bonchev–Trinajstić information content (AvgIpc) is 2.34. The third-order valence-corrected chi connectivity index (χ3v) is 2.72. The van der Waals surface area contributed by atoms with Crippen LogP contribution in [0.15, 0.2) is 12.1 Å². The van der Waals surface area contributed by atoms with Crippen LogP contribution in [-0.4, -0.2) is 45.6 Å². The van der Waals surface area contributed by atoms with E-state index in [0.29, 0.717) is 23.8 Å². The predicted octanol–water partition coefficient (Wildman–Crippen LogP) is 1.92. The first-order valence-corrected chi connectivity index (χ1v) is 6.06. The number of aliphatic hydroxyl groups is 1. The van der Waals surface area contributed by atoms with E-state index in [1.165, 1.54) is 0 Å². The highest BCUT2D eigenvalue weighted by Gasteiger charge is 2.20. The topological polar surface area (TPSA) is 51.2 Å². The van der Waals surface area contributed by atoms with E-state index >= 15 is 0 Å². The van der Waals surface area contributed by atoms with Gasteiger partial charge in [-0.1, -0.05) is 0 Å². The summed E-state index contributed by atoms with van der Waals surface area (Å²) in [5, 5.41) is 9.90. The van der Waals surface area contributed by atoms with Gasteiger partial charge in [0.05, 0.1) is 32.6 Å². The van der Waals surface area contributed by atoms with Gasteiger partial charge in [-0.15, -0.1) is 0 Å². The maximum absolute atomic E-state index is 9.90. The fraction of sp³-hybridized carbons (Fsp3) is 0.571. The van der Waals surface area contributed by atoms with Crippen LogP contribution in [0.1, 0.15) is 13.8 Å².